The summed E-state index contributed by atoms with van der Waals surface area (Å²) in [6, 6.07) is 6.45. The van der Waals surface area contributed by atoms with E-state index in [1.165, 1.54) is 10.5 Å². The van der Waals surface area contributed by atoms with Crippen LogP contribution < -0.4 is 5.73 Å². The lowest BCUT2D eigenvalue weighted by Gasteiger charge is -2.45. The Kier molecular flexibility index (Phi) is 3.96. The molecule has 2 spiro atoms. The summed E-state index contributed by atoms with van der Waals surface area (Å²) in [7, 11) is 3.51. The first-order valence-corrected chi connectivity index (χ1v) is 9.94. The SMILES string of the molecule is COC1CCC2(CC1)Cc1ccc(CBr)cc1C21N=C(N)N(C)C1=O. The van der Waals surface area contributed by atoms with Gasteiger partial charge in [0.2, 0.25) is 0 Å². The van der Waals surface area contributed by atoms with Crippen molar-refractivity contribution in [3.05, 3.63) is 34.9 Å². The van der Waals surface area contributed by atoms with Crippen LogP contribution in [0, 0.1) is 5.41 Å². The molecule has 6 heteroatoms. The summed E-state index contributed by atoms with van der Waals surface area (Å²) < 4.78 is 5.57. The van der Waals surface area contributed by atoms with Crippen LogP contribution >= 0.6 is 15.9 Å². The third kappa shape index (κ3) is 2.16. The molecule has 2 aliphatic carbocycles. The standard InChI is InChI=1S/C19H24BrN3O2/c1-23-16(24)19(22-17(23)21)15-9-12(11-20)3-4-13(15)10-18(19)7-5-14(25-2)6-8-18/h3-4,9,14H,5-8,10-11H2,1-2H3,(H2,21,22). The number of methoxy groups -OCH3 is 1. The summed E-state index contributed by atoms with van der Waals surface area (Å²) in [4.78, 5) is 19.8. The van der Waals surface area contributed by atoms with E-state index in [2.05, 4.69) is 34.1 Å². The molecule has 3 aliphatic rings. The first kappa shape index (κ1) is 17.0. The molecular weight excluding hydrogens is 382 g/mol. The molecule has 1 heterocycles. The predicted octanol–water partition coefficient (Wildman–Crippen LogP) is 2.70. The molecule has 1 fully saturated rings. The fraction of sp³-hybridized carbons (Fsp3) is 0.579. The molecule has 1 aliphatic heterocycles. The summed E-state index contributed by atoms with van der Waals surface area (Å²) in [5.74, 6) is 0.349. The minimum Gasteiger partial charge on any atom is -0.381 e. The Morgan fingerprint density at radius 3 is 2.68 bits per heavy atom. The first-order chi connectivity index (χ1) is 12.0. The maximum Gasteiger partial charge on any atom is 0.262 e. The number of fused-ring (bicyclic) bond motifs is 3. The number of nitrogens with two attached hydrogens (primary N) is 1. The van der Waals surface area contributed by atoms with Crippen LogP contribution in [0.15, 0.2) is 23.2 Å². The Morgan fingerprint density at radius 2 is 2.12 bits per heavy atom. The van der Waals surface area contributed by atoms with Gasteiger partial charge < -0.3 is 10.5 Å². The van der Waals surface area contributed by atoms with E-state index in [0.717, 1.165) is 48.6 Å². The fourth-order valence-corrected chi connectivity index (χ4v) is 5.41. The lowest BCUT2D eigenvalue weighted by molar-refractivity contribution is -0.137. The second-order valence-electron chi connectivity index (χ2n) is 7.56. The number of rotatable bonds is 2. The van der Waals surface area contributed by atoms with Crippen LogP contribution in [0.1, 0.15) is 42.4 Å². The lowest BCUT2D eigenvalue weighted by Crippen LogP contribution is -2.51. The number of nitrogens with zero attached hydrogens (tertiary/aromatic N) is 2. The molecule has 1 saturated carbocycles. The normalized spacial score (nSPS) is 34.0. The van der Waals surface area contributed by atoms with Gasteiger partial charge in [0.25, 0.3) is 5.91 Å². The van der Waals surface area contributed by atoms with E-state index in [1.807, 2.05) is 0 Å². The number of ether oxygens (including phenoxy) is 1. The smallest absolute Gasteiger partial charge is 0.262 e. The number of carbonyl (C=O) groups excluding carboxylic acids is 1. The van der Waals surface area contributed by atoms with Gasteiger partial charge in [-0.05, 0) is 48.8 Å². The van der Waals surface area contributed by atoms with Crippen molar-refractivity contribution in [1.82, 2.24) is 4.90 Å². The van der Waals surface area contributed by atoms with Gasteiger partial charge in [0.05, 0.1) is 6.10 Å². The van der Waals surface area contributed by atoms with Gasteiger partial charge in [-0.1, -0.05) is 34.1 Å². The highest BCUT2D eigenvalue weighted by Crippen LogP contribution is 2.61. The van der Waals surface area contributed by atoms with Crippen molar-refractivity contribution in [2.24, 2.45) is 16.1 Å². The summed E-state index contributed by atoms with van der Waals surface area (Å²) in [5, 5.41) is 0.762. The fourth-order valence-electron chi connectivity index (χ4n) is 5.06. The molecule has 0 bridgehead atoms. The van der Waals surface area contributed by atoms with Crippen molar-refractivity contribution in [1.29, 1.82) is 0 Å². The number of amides is 1. The maximum absolute atomic E-state index is 13.4. The topological polar surface area (TPSA) is 67.9 Å². The molecule has 1 aromatic rings. The van der Waals surface area contributed by atoms with Crippen LogP contribution in [0.5, 0.6) is 0 Å². The molecule has 25 heavy (non-hydrogen) atoms. The van der Waals surface area contributed by atoms with Gasteiger partial charge in [-0.25, -0.2) is 4.99 Å². The molecule has 1 unspecified atom stereocenters. The van der Waals surface area contributed by atoms with Crippen LogP contribution in [-0.2, 0) is 26.8 Å². The molecule has 0 radical (unpaired) electrons. The highest BCUT2D eigenvalue weighted by Gasteiger charge is 2.66. The lowest BCUT2D eigenvalue weighted by atomic mass is 9.61. The van der Waals surface area contributed by atoms with Crippen molar-refractivity contribution < 1.29 is 9.53 Å². The number of carbonyl (C=O) groups is 1. The Bertz CT molecular complexity index is 755. The average molecular weight is 406 g/mol. The summed E-state index contributed by atoms with van der Waals surface area (Å²) in [6.07, 6.45) is 4.95. The molecule has 134 valence electrons. The first-order valence-electron chi connectivity index (χ1n) is 8.82. The van der Waals surface area contributed by atoms with Gasteiger partial charge >= 0.3 is 0 Å². The van der Waals surface area contributed by atoms with E-state index in [4.69, 9.17) is 15.5 Å². The van der Waals surface area contributed by atoms with Crippen molar-refractivity contribution in [3.8, 4) is 0 Å². The zero-order chi connectivity index (χ0) is 17.8. The molecule has 4 rings (SSSR count). The number of hydrogen-bond donors (Lipinski definition) is 1. The Labute approximate surface area is 156 Å². The molecule has 2 N–H and O–H groups in total. The second-order valence-corrected chi connectivity index (χ2v) is 8.12. The van der Waals surface area contributed by atoms with Gasteiger partial charge in [-0.2, -0.15) is 0 Å². The van der Waals surface area contributed by atoms with Gasteiger partial charge in [-0.15, -0.1) is 0 Å². The van der Waals surface area contributed by atoms with Gasteiger partial charge in [0.1, 0.15) is 0 Å². The van der Waals surface area contributed by atoms with Gasteiger partial charge in [0.15, 0.2) is 11.5 Å². The highest BCUT2D eigenvalue weighted by molar-refractivity contribution is 9.08. The third-order valence-corrected chi connectivity index (χ3v) is 7.13. The van der Waals surface area contributed by atoms with E-state index < -0.39 is 5.54 Å². The van der Waals surface area contributed by atoms with Crippen LogP contribution in [0.4, 0.5) is 0 Å². The van der Waals surface area contributed by atoms with Crippen LogP contribution in [0.25, 0.3) is 0 Å². The van der Waals surface area contributed by atoms with Crippen LogP contribution in [-0.4, -0.2) is 37.0 Å². The molecule has 0 saturated heterocycles. The molecule has 1 amide bonds. The molecular formula is C19H24BrN3O2. The van der Waals surface area contributed by atoms with Gasteiger partial charge in [0, 0.05) is 24.9 Å². The van der Waals surface area contributed by atoms with Crippen molar-refractivity contribution >= 4 is 27.8 Å². The zero-order valence-corrected chi connectivity index (χ0v) is 16.3. The number of aliphatic imine (C=N–C) groups is 1. The van der Waals surface area contributed by atoms with Gasteiger partial charge in [-0.3, -0.25) is 9.69 Å². The minimum atomic E-state index is -0.863. The summed E-state index contributed by atoms with van der Waals surface area (Å²) >= 11 is 3.53. The van der Waals surface area contributed by atoms with E-state index in [0.29, 0.717) is 5.96 Å². The number of guanidine groups is 1. The zero-order valence-electron chi connectivity index (χ0n) is 14.7. The molecule has 1 atom stereocenters. The maximum atomic E-state index is 13.4. The van der Waals surface area contributed by atoms with E-state index in [-0.39, 0.29) is 17.4 Å². The largest absolute Gasteiger partial charge is 0.381 e. The van der Waals surface area contributed by atoms with Crippen molar-refractivity contribution in [2.75, 3.05) is 14.2 Å². The quantitative estimate of drug-likeness (QED) is 0.768. The predicted molar refractivity (Wildman–Crippen MR) is 101 cm³/mol. The second kappa shape index (κ2) is 5.81. The van der Waals surface area contributed by atoms with E-state index in [1.54, 1.807) is 14.2 Å². The van der Waals surface area contributed by atoms with Crippen molar-refractivity contribution in [2.45, 2.75) is 49.1 Å². The van der Waals surface area contributed by atoms with E-state index >= 15 is 0 Å². The van der Waals surface area contributed by atoms with E-state index in [9.17, 15) is 4.79 Å². The number of likely N-dealkylation sites (N-methyl/N-ethyl adjacent to an activating group) is 1. The molecule has 0 aromatic heterocycles. The Hall–Kier alpha value is -1.40. The number of halogens is 1. The number of hydrogen-bond acceptors (Lipinski definition) is 4. The third-order valence-electron chi connectivity index (χ3n) is 6.48. The van der Waals surface area contributed by atoms with Crippen LogP contribution in [0.3, 0.4) is 0 Å². The highest BCUT2D eigenvalue weighted by atomic mass is 79.9. The summed E-state index contributed by atoms with van der Waals surface area (Å²) in [5.41, 5.74) is 8.51. The molecule has 5 nitrogen and oxygen atoms in total. The van der Waals surface area contributed by atoms with Crippen molar-refractivity contribution in [3.63, 3.8) is 0 Å². The monoisotopic (exact) mass is 405 g/mol. The van der Waals surface area contributed by atoms with Crippen LogP contribution in [0.2, 0.25) is 0 Å². The minimum absolute atomic E-state index is 0.0198. The summed E-state index contributed by atoms with van der Waals surface area (Å²) in [6.45, 7) is 0. The Balaban J connectivity index is 1.88. The number of alkyl halides is 1. The Morgan fingerprint density at radius 1 is 1.40 bits per heavy atom. The average Bonchev–Trinajstić information content (AvgIpc) is 3.03. The number of benzene rings is 1. The molecule has 1 aromatic carbocycles.